The molecule has 0 bridgehead atoms. The molecule has 3 aromatic carbocycles. The maximum Gasteiger partial charge on any atom is 0.331 e. The number of rotatable bonds is 24. The van der Waals surface area contributed by atoms with Crippen LogP contribution in [0, 0.1) is 47.3 Å². The van der Waals surface area contributed by atoms with Gasteiger partial charge >= 0.3 is 11.4 Å². The lowest BCUT2D eigenvalue weighted by molar-refractivity contribution is -0.386. The number of ether oxygens (including phenoxy) is 10. The van der Waals surface area contributed by atoms with E-state index in [2.05, 4.69) is 101 Å². The van der Waals surface area contributed by atoms with Gasteiger partial charge in [0.15, 0.2) is 17.5 Å². The Morgan fingerprint density at radius 1 is 0.347 bits per heavy atom. The monoisotopic (exact) mass is 2210 g/mol. The smallest absolute Gasteiger partial charge is 0.331 e. The van der Waals surface area contributed by atoms with E-state index in [1.165, 1.54) is 76.9 Å². The van der Waals surface area contributed by atoms with E-state index in [1.807, 2.05) is 109 Å². The minimum Gasteiger partial charge on any atom is -0.479 e. The van der Waals surface area contributed by atoms with E-state index in [1.54, 1.807) is 67.4 Å². The highest BCUT2D eigenvalue weighted by atomic mass is 35.5. The molecule has 0 aliphatic carbocycles. The summed E-state index contributed by atoms with van der Waals surface area (Å²) >= 11 is 30.0. The number of benzene rings is 3. The largest absolute Gasteiger partial charge is 0.479 e. The molecule has 18 heterocycles. The van der Waals surface area contributed by atoms with Gasteiger partial charge in [0.25, 0.3) is 11.8 Å². The summed E-state index contributed by atoms with van der Waals surface area (Å²) in [4.78, 5) is 76.3. The van der Waals surface area contributed by atoms with Crippen molar-refractivity contribution < 1.29 is 70.9 Å². The van der Waals surface area contributed by atoms with Gasteiger partial charge in [0.05, 0.1) is 86.7 Å². The first kappa shape index (κ1) is 112. The number of hydrogen-bond donors (Lipinski definition) is 7. The van der Waals surface area contributed by atoms with E-state index in [9.17, 15) is 33.9 Å². The zero-order chi connectivity index (χ0) is 107. The van der Waals surface area contributed by atoms with Crippen LogP contribution in [0.1, 0.15) is 64.2 Å². The molecule has 5 spiro atoms. The second kappa shape index (κ2) is 49.8. The fourth-order valence-corrected chi connectivity index (χ4v) is 23.3. The predicted molar refractivity (Wildman–Crippen MR) is 590 cm³/mol. The van der Waals surface area contributed by atoms with Crippen LogP contribution >= 0.6 is 79.4 Å². The fourth-order valence-electron chi connectivity index (χ4n) is 19.1. The third-order valence-corrected chi connectivity index (χ3v) is 33.6. The molecular weight excluding hydrogens is 2090 g/mol. The Bertz CT molecular complexity index is 6480. The summed E-state index contributed by atoms with van der Waals surface area (Å²) < 4.78 is 90.8. The molecule has 8 N–H and O–H groups in total. The molecule has 41 nitrogen and oxygen atoms in total. The average Bonchev–Trinajstić information content (AvgIpc) is 0.754. The van der Waals surface area contributed by atoms with Crippen LogP contribution in [-0.2, 0) is 37.4 Å². The fraction of sp³-hybridized carbons (Fsp3) is 0.455. The second-order valence-electron chi connectivity index (χ2n) is 39.5. The molecule has 10 fully saturated rings. The minimum absolute atomic E-state index is 0.0698. The first-order valence-electron chi connectivity index (χ1n) is 48.9. The van der Waals surface area contributed by atoms with Gasteiger partial charge in [0.1, 0.15) is 76.3 Å². The van der Waals surface area contributed by atoms with Crippen LogP contribution in [0.25, 0.3) is 0 Å². The Balaban J connectivity index is 0.000000137. The number of anilines is 15. The first-order valence-corrected chi connectivity index (χ1v) is 58.6. The molecule has 8 aromatic heterocycles. The topological polar surface area (TPSA) is 483 Å². The summed E-state index contributed by atoms with van der Waals surface area (Å²) in [5.74, 6) is 6.74. The summed E-state index contributed by atoms with van der Waals surface area (Å²) in [5, 5.41) is 43.8. The maximum absolute atomic E-state index is 12.7. The van der Waals surface area contributed by atoms with Crippen molar-refractivity contribution in [3.8, 4) is 29.4 Å². The molecule has 10 saturated heterocycles. The van der Waals surface area contributed by atoms with Crippen molar-refractivity contribution in [3.05, 3.63) is 198 Å². The molecule has 150 heavy (non-hydrogen) atoms. The predicted octanol–water partition coefficient (Wildman–Crippen LogP) is 18.5. The van der Waals surface area contributed by atoms with Crippen molar-refractivity contribution in [3.63, 3.8) is 0 Å². The van der Waals surface area contributed by atoms with Crippen molar-refractivity contribution in [2.45, 2.75) is 64.2 Å². The highest BCUT2D eigenvalue weighted by Gasteiger charge is 2.49. The minimum atomic E-state index is -2.51. The highest BCUT2D eigenvalue weighted by Crippen LogP contribution is 2.50. The van der Waals surface area contributed by atoms with E-state index < -0.39 is 31.3 Å². The number of hydrogen-bond acceptors (Lipinski definition) is 39. The lowest BCUT2D eigenvalue weighted by atomic mass is 9.73. The third kappa shape index (κ3) is 28.6. The number of nitro groups is 2. The van der Waals surface area contributed by atoms with E-state index >= 15 is 0 Å². The van der Waals surface area contributed by atoms with Crippen LogP contribution in [0.15, 0.2) is 152 Å². The molecule has 49 heteroatoms. The summed E-state index contributed by atoms with van der Waals surface area (Å²) in [7, 11) is 0.0579. The number of aromatic nitrogens is 11. The van der Waals surface area contributed by atoms with Crippen LogP contribution in [0.2, 0.25) is 25.5 Å². The molecule has 10 aliphatic heterocycles. The number of nitrogen functional groups attached to an aromatic ring is 1. The Morgan fingerprint density at radius 2 is 0.633 bits per heavy atom. The van der Waals surface area contributed by atoms with Gasteiger partial charge in [-0.15, -0.1) is 0 Å². The molecule has 21 rings (SSSR count). The number of nitrogens with zero attached hydrogens (tertiary/aromatic N) is 17. The number of para-hydroxylation sites is 3. The molecule has 0 amide bonds. The van der Waals surface area contributed by atoms with Crippen molar-refractivity contribution >= 4 is 193 Å². The van der Waals surface area contributed by atoms with E-state index in [4.69, 9.17) is 116 Å². The van der Waals surface area contributed by atoms with Crippen molar-refractivity contribution in [2.75, 3.05) is 259 Å². The molecule has 0 unspecified atom stereocenters. The third-order valence-electron chi connectivity index (χ3n) is 27.7. The van der Waals surface area contributed by atoms with Crippen molar-refractivity contribution in [2.24, 2.45) is 27.1 Å². The number of pyridine rings is 5. The standard InChI is InChI=1S/2C25H30ClN6O3P.C13H17N3O4.C13H19N3O2.C12H12Cl2N3OP.C7H13NO.C6H5ClN2O3/c2*1-34-23-19(8-9-21(30-23)32-15-25(16-32)10-12-35-13-11-25)29-24-27-14-17(26)22(31-24)28-18-6-4-5-7-20(18)36(2,3)33;1-19-12-10(16(17)18)2-3-11(14-12)15-8-13(9-15)4-6-20-7-5-13;1-17-12-10(14)2-3-11(15-12)16-8-13(9-16)4-6-18-7-5-13;1-19(2,18)10-6-4-3-5-9(10)16-11-8(13)7-15-12(14)17-11;1-3-9-4-2-7(1)5-8-6-7;1-12-6-4(9(10)11)2-3-5(7)8-6/h2*4-9,14H,10-13,15-16H2,1-3H3,(H2,27,28,29,31);2-3H,4-9H2,1H3;2-3H,4-9,14H2,1H3;3-7H,1-2H3,(H,15,16,17);8H,1-6H2;2-3H,1H3. The average molecular weight is 2220 g/mol. The van der Waals surface area contributed by atoms with Crippen LogP contribution in [0.5, 0.6) is 29.4 Å². The molecule has 0 atom stereocenters. The number of nitrogens with two attached hydrogens (primary N) is 1. The molecule has 0 radical (unpaired) electrons. The van der Waals surface area contributed by atoms with Crippen LogP contribution in [0.3, 0.4) is 0 Å². The molecule has 0 saturated carbocycles. The molecule has 11 aromatic rings. The Hall–Kier alpha value is -11.7. The lowest BCUT2D eigenvalue weighted by Gasteiger charge is -2.52. The summed E-state index contributed by atoms with van der Waals surface area (Å²) in [6.07, 6.45) is 15.9. The van der Waals surface area contributed by atoms with Gasteiger partial charge < -0.3 is 118 Å². The Kier molecular flexibility index (Phi) is 37.4. The van der Waals surface area contributed by atoms with Gasteiger partial charge in [-0.3, -0.25) is 20.2 Å². The zero-order valence-corrected chi connectivity index (χ0v) is 92.0. The van der Waals surface area contributed by atoms with Crippen LogP contribution in [-0.4, -0.2) is 272 Å². The van der Waals surface area contributed by atoms with Gasteiger partial charge in [0, 0.05) is 181 Å². The summed E-state index contributed by atoms with van der Waals surface area (Å²) in [6.45, 7) is 29.5. The molecule has 10 aliphatic rings. The van der Waals surface area contributed by atoms with E-state index in [0.29, 0.717) is 123 Å². The second-order valence-corrected chi connectivity index (χ2v) is 51.0. The Morgan fingerprint density at radius 3 is 0.947 bits per heavy atom. The number of methoxy groups -OCH3 is 5. The zero-order valence-electron chi connectivity index (χ0n) is 85.5. The van der Waals surface area contributed by atoms with Gasteiger partial charge in [-0.2, -0.15) is 39.9 Å². The van der Waals surface area contributed by atoms with Crippen molar-refractivity contribution in [1.29, 1.82) is 0 Å². The summed E-state index contributed by atoms with van der Waals surface area (Å²) in [5.41, 5.74) is 11.6. The highest BCUT2D eigenvalue weighted by molar-refractivity contribution is 7.71. The van der Waals surface area contributed by atoms with Crippen LogP contribution in [0.4, 0.5) is 98.1 Å². The van der Waals surface area contributed by atoms with Gasteiger partial charge in [0.2, 0.25) is 34.8 Å². The number of halogens is 5. The van der Waals surface area contributed by atoms with E-state index in [0.717, 1.165) is 209 Å². The summed E-state index contributed by atoms with van der Waals surface area (Å²) in [6, 6.07) is 39.5. The van der Waals surface area contributed by atoms with E-state index in [-0.39, 0.29) is 33.6 Å². The lowest BCUT2D eigenvalue weighted by Crippen LogP contribution is -2.58. The van der Waals surface area contributed by atoms with Crippen molar-refractivity contribution in [1.82, 2.24) is 60.1 Å². The van der Waals surface area contributed by atoms with Gasteiger partial charge in [-0.25, -0.2) is 15.0 Å². The maximum atomic E-state index is 12.7. The molecule has 802 valence electrons. The van der Waals surface area contributed by atoms with Crippen LogP contribution < -0.4 is 96.8 Å². The van der Waals surface area contributed by atoms with Gasteiger partial charge in [-0.05, 0) is 206 Å². The SMILES string of the molecule is C1CC2(CCO1)CNC2.COc1nc(Cl)ccc1[N+](=O)[O-].COc1nc(N2CC3(CCOCC3)C2)ccc1N.COc1nc(N2CC3(CCOCC3)C2)ccc1Nc1ncc(Cl)c(Nc2ccccc2P(C)(C)=O)n1.COc1nc(N2CC3(CCOCC3)C2)ccc1Nc1ncc(Cl)c(Nc2ccccc2P(C)(C)=O)n1.COc1nc(N2CC3(CCOCC3)C2)ccc1[N+](=O)[O-].CP(C)(=O)c1ccccc1Nc1nc(Cl)ncc1Cl. The quantitative estimate of drug-likeness (QED) is 0.00971. The Labute approximate surface area is 896 Å². The first-order chi connectivity index (χ1) is 71.8. The normalized spacial score (nSPS) is 17.6. The van der Waals surface area contributed by atoms with Gasteiger partial charge in [-0.1, -0.05) is 82.8 Å². The number of nitrogens with one attached hydrogen (secondary N) is 6. The molecular formula is C101H126Cl5N24O17P3.